The predicted molar refractivity (Wildman–Crippen MR) is 73.1 cm³/mol. The second-order valence-corrected chi connectivity index (χ2v) is 4.55. The number of carbonyl (C=O) groups excluding carboxylic acids is 2. The summed E-state index contributed by atoms with van der Waals surface area (Å²) >= 11 is 0. The Morgan fingerprint density at radius 2 is 2.26 bits per heavy atom. The Kier molecular flexibility index (Phi) is 4.04. The second kappa shape index (κ2) is 5.73. The smallest absolute Gasteiger partial charge is 0.328 e. The first kappa shape index (κ1) is 13.4. The number of rotatable bonds is 4. The van der Waals surface area contributed by atoms with Gasteiger partial charge in [-0.05, 0) is 36.6 Å². The van der Waals surface area contributed by atoms with Gasteiger partial charge < -0.3 is 15.4 Å². The molecule has 102 valence electrons. The van der Waals surface area contributed by atoms with E-state index in [2.05, 4.69) is 10.6 Å². The van der Waals surface area contributed by atoms with E-state index in [1.165, 1.54) is 7.11 Å². The van der Waals surface area contributed by atoms with Gasteiger partial charge in [0.05, 0.1) is 7.11 Å². The number of aryl methyl sites for hydroxylation is 1. The van der Waals surface area contributed by atoms with Crippen LogP contribution in [0.5, 0.6) is 0 Å². The Morgan fingerprint density at radius 1 is 1.47 bits per heavy atom. The average Bonchev–Trinajstić information content (AvgIpc) is 2.44. The van der Waals surface area contributed by atoms with Crippen LogP contribution in [-0.2, 0) is 20.7 Å². The van der Waals surface area contributed by atoms with E-state index in [-0.39, 0.29) is 17.9 Å². The van der Waals surface area contributed by atoms with Crippen LogP contribution in [0.1, 0.15) is 25.3 Å². The Labute approximate surface area is 112 Å². The number of hydrogen-bond acceptors (Lipinski definition) is 4. The molecule has 2 rings (SSSR count). The first-order chi connectivity index (χ1) is 9.13. The molecule has 1 aliphatic heterocycles. The van der Waals surface area contributed by atoms with Gasteiger partial charge in [-0.15, -0.1) is 0 Å². The lowest BCUT2D eigenvalue weighted by Gasteiger charge is -2.20. The van der Waals surface area contributed by atoms with Crippen molar-refractivity contribution in [3.8, 4) is 0 Å². The van der Waals surface area contributed by atoms with Crippen LogP contribution in [-0.4, -0.2) is 25.0 Å². The molecule has 1 unspecified atom stereocenters. The number of amides is 1. The molecule has 5 nitrogen and oxygen atoms in total. The molecule has 0 aromatic heterocycles. The lowest BCUT2D eigenvalue weighted by Crippen LogP contribution is -2.30. The molecule has 0 spiro atoms. The summed E-state index contributed by atoms with van der Waals surface area (Å²) < 4.78 is 4.74. The van der Waals surface area contributed by atoms with Crippen LogP contribution < -0.4 is 10.6 Å². The quantitative estimate of drug-likeness (QED) is 0.814. The summed E-state index contributed by atoms with van der Waals surface area (Å²) in [5.74, 6) is -0.220. The van der Waals surface area contributed by atoms with Gasteiger partial charge in [-0.25, -0.2) is 4.79 Å². The number of carbonyl (C=O) groups is 2. The first-order valence-corrected chi connectivity index (χ1v) is 6.41. The maximum absolute atomic E-state index is 11.5. The zero-order valence-electron chi connectivity index (χ0n) is 11.2. The highest BCUT2D eigenvalue weighted by Gasteiger charge is 2.18. The van der Waals surface area contributed by atoms with E-state index < -0.39 is 0 Å². The van der Waals surface area contributed by atoms with Crippen molar-refractivity contribution in [2.75, 3.05) is 17.7 Å². The summed E-state index contributed by atoms with van der Waals surface area (Å²) in [7, 11) is 1.38. The van der Waals surface area contributed by atoms with Crippen molar-refractivity contribution in [2.45, 2.75) is 32.2 Å². The van der Waals surface area contributed by atoms with E-state index >= 15 is 0 Å². The summed E-state index contributed by atoms with van der Waals surface area (Å²) in [5.41, 5.74) is 2.81. The zero-order chi connectivity index (χ0) is 13.8. The lowest BCUT2D eigenvalue weighted by atomic mass is 10.0. The molecule has 2 N–H and O–H groups in total. The van der Waals surface area contributed by atoms with Gasteiger partial charge in [-0.1, -0.05) is 6.92 Å². The average molecular weight is 262 g/mol. The van der Waals surface area contributed by atoms with Crippen LogP contribution in [0.2, 0.25) is 0 Å². The van der Waals surface area contributed by atoms with Gasteiger partial charge in [-0.3, -0.25) is 4.79 Å². The zero-order valence-corrected chi connectivity index (χ0v) is 11.2. The van der Waals surface area contributed by atoms with Crippen LogP contribution in [0.25, 0.3) is 0 Å². The summed E-state index contributed by atoms with van der Waals surface area (Å²) in [6.45, 7) is 1.92. The molecular formula is C14H18N2O3. The van der Waals surface area contributed by atoms with E-state index in [4.69, 9.17) is 4.74 Å². The normalized spacial score (nSPS) is 15.2. The number of hydrogen-bond donors (Lipinski definition) is 2. The van der Waals surface area contributed by atoms with E-state index in [1.54, 1.807) is 0 Å². The molecule has 19 heavy (non-hydrogen) atoms. The summed E-state index contributed by atoms with van der Waals surface area (Å²) in [6, 6.07) is 5.34. The molecule has 0 bridgehead atoms. The molecule has 1 aromatic rings. The molecule has 1 heterocycles. The highest BCUT2D eigenvalue weighted by molar-refractivity contribution is 5.94. The third-order valence-electron chi connectivity index (χ3n) is 3.24. The molecule has 1 amide bonds. The molecule has 0 saturated carbocycles. The van der Waals surface area contributed by atoms with Gasteiger partial charge in [0, 0.05) is 17.8 Å². The molecule has 5 heteroatoms. The van der Waals surface area contributed by atoms with Crippen molar-refractivity contribution < 1.29 is 14.3 Å². The summed E-state index contributed by atoms with van der Waals surface area (Å²) in [5, 5.41) is 5.98. The lowest BCUT2D eigenvalue weighted by molar-refractivity contribution is -0.141. The maximum atomic E-state index is 11.5. The Morgan fingerprint density at radius 3 is 2.95 bits per heavy atom. The van der Waals surface area contributed by atoms with Crippen LogP contribution in [0.3, 0.4) is 0 Å². The highest BCUT2D eigenvalue weighted by Crippen LogP contribution is 2.26. The second-order valence-electron chi connectivity index (χ2n) is 4.55. The van der Waals surface area contributed by atoms with Crippen LogP contribution in [0.4, 0.5) is 11.4 Å². The Bertz CT molecular complexity index is 499. The maximum Gasteiger partial charge on any atom is 0.328 e. The van der Waals surface area contributed by atoms with E-state index in [1.807, 2.05) is 25.1 Å². The number of nitrogens with one attached hydrogen (secondary N) is 2. The van der Waals surface area contributed by atoms with Gasteiger partial charge in [0.15, 0.2) is 0 Å². The minimum atomic E-state index is -0.346. The van der Waals surface area contributed by atoms with Gasteiger partial charge in [0.25, 0.3) is 0 Å². The fraction of sp³-hybridized carbons (Fsp3) is 0.429. The fourth-order valence-corrected chi connectivity index (χ4v) is 2.14. The topological polar surface area (TPSA) is 67.4 Å². The molecule has 1 aromatic carbocycles. The SMILES string of the molecule is CCC(Nc1ccc2c(c1)CCC(=O)N2)C(=O)OC. The van der Waals surface area contributed by atoms with Crippen molar-refractivity contribution >= 4 is 23.3 Å². The minimum absolute atomic E-state index is 0.0502. The Balaban J connectivity index is 2.14. The van der Waals surface area contributed by atoms with Crippen molar-refractivity contribution in [3.63, 3.8) is 0 Å². The summed E-state index contributed by atoms with van der Waals surface area (Å²) in [6.07, 6.45) is 1.89. The molecule has 0 saturated heterocycles. The predicted octanol–water partition coefficient (Wildman–Crippen LogP) is 1.93. The van der Waals surface area contributed by atoms with Crippen molar-refractivity contribution in [1.82, 2.24) is 0 Å². The first-order valence-electron chi connectivity index (χ1n) is 6.41. The van der Waals surface area contributed by atoms with Crippen LogP contribution in [0, 0.1) is 0 Å². The van der Waals surface area contributed by atoms with Gasteiger partial charge in [-0.2, -0.15) is 0 Å². The van der Waals surface area contributed by atoms with E-state index in [0.29, 0.717) is 12.8 Å². The fourth-order valence-electron chi connectivity index (χ4n) is 2.14. The van der Waals surface area contributed by atoms with Gasteiger partial charge >= 0.3 is 5.97 Å². The molecule has 0 aliphatic carbocycles. The van der Waals surface area contributed by atoms with Crippen molar-refractivity contribution in [1.29, 1.82) is 0 Å². The standard InChI is InChI=1S/C14H18N2O3/c1-3-11(14(18)19-2)15-10-5-6-12-9(8-10)4-7-13(17)16-12/h5-6,8,11,15H,3-4,7H2,1-2H3,(H,16,17). The summed E-state index contributed by atoms with van der Waals surface area (Å²) in [4.78, 5) is 22.8. The minimum Gasteiger partial charge on any atom is -0.467 e. The van der Waals surface area contributed by atoms with Crippen LogP contribution >= 0.6 is 0 Å². The monoisotopic (exact) mass is 262 g/mol. The molecule has 0 radical (unpaired) electrons. The number of methoxy groups -OCH3 is 1. The number of anilines is 2. The molecule has 1 aliphatic rings. The third kappa shape index (κ3) is 3.05. The van der Waals surface area contributed by atoms with Crippen LogP contribution in [0.15, 0.2) is 18.2 Å². The molecule has 1 atom stereocenters. The Hall–Kier alpha value is -2.04. The third-order valence-corrected chi connectivity index (χ3v) is 3.24. The number of esters is 1. The number of fused-ring (bicyclic) bond motifs is 1. The highest BCUT2D eigenvalue weighted by atomic mass is 16.5. The van der Waals surface area contributed by atoms with Crippen molar-refractivity contribution in [2.24, 2.45) is 0 Å². The molecular weight excluding hydrogens is 244 g/mol. The van der Waals surface area contributed by atoms with E-state index in [0.717, 1.165) is 23.4 Å². The van der Waals surface area contributed by atoms with Crippen molar-refractivity contribution in [3.05, 3.63) is 23.8 Å². The number of benzene rings is 1. The number of ether oxygens (including phenoxy) is 1. The molecule has 0 fully saturated rings. The van der Waals surface area contributed by atoms with Gasteiger partial charge in [0.1, 0.15) is 6.04 Å². The van der Waals surface area contributed by atoms with E-state index in [9.17, 15) is 9.59 Å². The van der Waals surface area contributed by atoms with Gasteiger partial charge in [0.2, 0.25) is 5.91 Å². The largest absolute Gasteiger partial charge is 0.467 e.